The number of carbonyl (C=O) groups is 3. The van der Waals surface area contributed by atoms with Crippen molar-refractivity contribution in [1.82, 2.24) is 5.06 Å². The van der Waals surface area contributed by atoms with Gasteiger partial charge in [-0.2, -0.15) is 29.8 Å². The van der Waals surface area contributed by atoms with E-state index in [-0.39, 0.29) is 75.3 Å². The molecule has 3 aliphatic rings. The monoisotopic (exact) mass is 1160 g/mol. The van der Waals surface area contributed by atoms with Crippen molar-refractivity contribution in [2.24, 2.45) is 0 Å². The number of benzene rings is 5. The number of methoxy groups -OCH3 is 2. The van der Waals surface area contributed by atoms with Gasteiger partial charge in [0, 0.05) is 87.7 Å². The zero-order chi connectivity index (χ0) is 57.5. The summed E-state index contributed by atoms with van der Waals surface area (Å²) in [4.78, 5) is 44.2. The third kappa shape index (κ3) is 12.5. The minimum absolute atomic E-state index is 0.0178. The molecule has 0 aliphatic carbocycles. The number of hydroxylamine groups is 2. The standard InChI is InChI=1S/C54H57N3O18S4/c1-53(25-29-73-3)46(55(27-5-31-76(61,62)63)44-19-13-37-11-17-40(78(67,68)69)33-42(37)50(44)53)21-15-36(35-7-9-39(10-8-35)52(60)75-57-48(58)23-24-49(57)59)16-22-47-54(2,26-30-74-4)51-43-34-41(79(70,71)72)18-12-38(43)14-20-45(51)56(47)28-6-32-77(64,65)66/h7-22,33-34H,5-6,23-32H2,1-4H3,(H3-,61,62,63,64,65,66,67,68,69,70,71,72). The topological polar surface area (TPSA) is 309 Å². The summed E-state index contributed by atoms with van der Waals surface area (Å²) in [5.74, 6) is -3.56. The predicted octanol–water partition coefficient (Wildman–Crippen LogP) is 6.65. The highest BCUT2D eigenvalue weighted by molar-refractivity contribution is 7.86. The molecule has 25 heteroatoms. The molecule has 3 heterocycles. The normalized spacial score (nSPS) is 19.7. The molecule has 2 unspecified atom stereocenters. The highest BCUT2D eigenvalue weighted by Gasteiger charge is 2.49. The summed E-state index contributed by atoms with van der Waals surface area (Å²) < 4.78 is 154. The fraction of sp³-hybridized carbons (Fsp3) is 0.333. The van der Waals surface area contributed by atoms with Gasteiger partial charge in [-0.25, -0.2) is 13.2 Å². The van der Waals surface area contributed by atoms with Crippen molar-refractivity contribution in [2.75, 3.05) is 56.9 Å². The molecule has 0 bridgehead atoms. The Kier molecular flexibility index (Phi) is 16.7. The largest absolute Gasteiger partial charge is 0.744 e. The van der Waals surface area contributed by atoms with Gasteiger partial charge < -0.3 is 23.8 Å². The second kappa shape index (κ2) is 22.6. The summed E-state index contributed by atoms with van der Waals surface area (Å²) >= 11 is 0. The SMILES string of the molecule is COCCC1(C)C(/C=C/C(=C/C=C2/N(CCCS(=O)(=O)O)c3ccc4ccc(S(=O)(=O)O)cc4c3C2(C)CCOC)c2ccc(C(=O)ON3C(=O)CCC3=O)cc2)=[N+](CCCS(=O)(=O)O)c2ccc3ccc(S(=O)(=O)[O-])cc3c21. The van der Waals surface area contributed by atoms with Crippen molar-refractivity contribution >= 4 is 102 Å². The van der Waals surface area contributed by atoms with E-state index in [0.29, 0.717) is 71.7 Å². The van der Waals surface area contributed by atoms with Crippen LogP contribution >= 0.6 is 0 Å². The van der Waals surface area contributed by atoms with Crippen LogP contribution in [-0.4, -0.2) is 137 Å². The Morgan fingerprint density at radius 3 is 1.85 bits per heavy atom. The molecular weight excluding hydrogens is 1110 g/mol. The Labute approximate surface area is 457 Å². The quantitative estimate of drug-likeness (QED) is 0.0283. The number of allylic oxidation sites excluding steroid dienone is 6. The van der Waals surface area contributed by atoms with Crippen molar-refractivity contribution in [1.29, 1.82) is 0 Å². The molecule has 8 rings (SSSR count). The lowest BCUT2D eigenvalue weighted by Gasteiger charge is -2.30. The van der Waals surface area contributed by atoms with Crippen molar-refractivity contribution in [3.63, 3.8) is 0 Å². The van der Waals surface area contributed by atoms with Crippen LogP contribution < -0.4 is 4.90 Å². The maximum Gasteiger partial charge on any atom is 0.363 e. The lowest BCUT2D eigenvalue weighted by molar-refractivity contribution is -0.437. The van der Waals surface area contributed by atoms with E-state index < -0.39 is 85.5 Å². The number of amides is 2. The summed E-state index contributed by atoms with van der Waals surface area (Å²) in [6.07, 6.45) is 7.22. The highest BCUT2D eigenvalue weighted by atomic mass is 32.2. The van der Waals surface area contributed by atoms with Crippen LogP contribution in [0.3, 0.4) is 0 Å². The molecule has 5 aromatic carbocycles. The van der Waals surface area contributed by atoms with Gasteiger partial charge in [0.25, 0.3) is 42.2 Å². The van der Waals surface area contributed by atoms with E-state index >= 15 is 0 Å². The van der Waals surface area contributed by atoms with E-state index in [0.717, 1.165) is 0 Å². The Bertz CT molecular complexity index is 3900. The molecular formula is C54H57N3O18S4. The molecule has 0 aromatic heterocycles. The van der Waals surface area contributed by atoms with E-state index in [9.17, 15) is 66.3 Å². The molecule has 0 radical (unpaired) electrons. The van der Waals surface area contributed by atoms with E-state index in [1.807, 2.05) is 23.3 Å². The van der Waals surface area contributed by atoms with Gasteiger partial charge in [0.05, 0.1) is 32.3 Å². The number of fused-ring (bicyclic) bond motifs is 6. The third-order valence-electron chi connectivity index (χ3n) is 14.6. The molecule has 2 amide bonds. The molecule has 1 saturated heterocycles. The summed E-state index contributed by atoms with van der Waals surface area (Å²) in [5, 5.41) is 2.54. The van der Waals surface area contributed by atoms with Gasteiger partial charge in [-0.3, -0.25) is 23.2 Å². The number of nitrogens with zero attached hydrogens (tertiary/aromatic N) is 3. The van der Waals surface area contributed by atoms with Gasteiger partial charge in [-0.05, 0) is 132 Å². The van der Waals surface area contributed by atoms with Crippen molar-refractivity contribution < 1.29 is 85.2 Å². The number of hydrogen-bond donors (Lipinski definition) is 3. The Morgan fingerprint density at radius 1 is 0.709 bits per heavy atom. The number of imide groups is 1. The van der Waals surface area contributed by atoms with Crippen LogP contribution in [0.5, 0.6) is 0 Å². The van der Waals surface area contributed by atoms with E-state index in [1.54, 1.807) is 66.8 Å². The molecule has 420 valence electrons. The molecule has 2 atom stereocenters. The average Bonchev–Trinajstić information content (AvgIpc) is 4.08. The van der Waals surface area contributed by atoms with Crippen molar-refractivity contribution in [3.8, 4) is 0 Å². The Morgan fingerprint density at radius 2 is 1.25 bits per heavy atom. The summed E-state index contributed by atoms with van der Waals surface area (Å²) in [6.45, 7) is 4.18. The zero-order valence-electron chi connectivity index (χ0n) is 43.3. The number of anilines is 1. The van der Waals surface area contributed by atoms with Gasteiger partial charge in [0.1, 0.15) is 16.7 Å². The van der Waals surface area contributed by atoms with E-state index in [4.69, 9.17) is 14.3 Å². The number of carbonyl (C=O) groups excluding carboxylic acids is 3. The fourth-order valence-corrected chi connectivity index (χ4v) is 12.7. The summed E-state index contributed by atoms with van der Waals surface area (Å²) in [5.41, 5.74) is 2.25. The van der Waals surface area contributed by atoms with Gasteiger partial charge in [-0.15, -0.1) is 5.06 Å². The van der Waals surface area contributed by atoms with Gasteiger partial charge >= 0.3 is 5.97 Å². The van der Waals surface area contributed by atoms with E-state index in [2.05, 4.69) is 0 Å². The Balaban J connectivity index is 1.37. The molecule has 79 heavy (non-hydrogen) atoms. The first-order valence-corrected chi connectivity index (χ1v) is 30.8. The molecule has 21 nitrogen and oxygen atoms in total. The minimum Gasteiger partial charge on any atom is -0.744 e. The Hall–Kier alpha value is -6.52. The highest BCUT2D eigenvalue weighted by Crippen LogP contribution is 2.53. The number of rotatable bonds is 22. The summed E-state index contributed by atoms with van der Waals surface area (Å²) in [7, 11) is -15.5. The van der Waals surface area contributed by atoms with Crippen molar-refractivity contribution in [2.45, 2.75) is 73.0 Å². The van der Waals surface area contributed by atoms with Gasteiger partial charge in [-0.1, -0.05) is 36.4 Å². The van der Waals surface area contributed by atoms with Crippen LogP contribution in [0.4, 0.5) is 11.4 Å². The molecule has 1 fully saturated rings. The zero-order valence-corrected chi connectivity index (χ0v) is 46.6. The van der Waals surface area contributed by atoms with Crippen LogP contribution in [0.1, 0.15) is 79.4 Å². The van der Waals surface area contributed by atoms with Crippen LogP contribution in [-0.2, 0) is 75.2 Å². The smallest absolute Gasteiger partial charge is 0.363 e. The molecule has 3 aliphatic heterocycles. The third-order valence-corrected chi connectivity index (χ3v) is 17.9. The maximum atomic E-state index is 13.4. The first-order valence-electron chi connectivity index (χ1n) is 24.8. The van der Waals surface area contributed by atoms with Gasteiger partial charge in [0.2, 0.25) is 5.69 Å². The van der Waals surface area contributed by atoms with Crippen LogP contribution in [0.25, 0.3) is 27.1 Å². The first-order chi connectivity index (χ1) is 37.1. The fourth-order valence-electron chi connectivity index (χ4n) is 10.7. The molecule has 0 spiro atoms. The van der Waals surface area contributed by atoms with Crippen LogP contribution in [0.2, 0.25) is 0 Å². The van der Waals surface area contributed by atoms with Crippen molar-refractivity contribution in [3.05, 3.63) is 137 Å². The molecule has 3 N–H and O–H groups in total. The van der Waals surface area contributed by atoms with Crippen LogP contribution in [0.15, 0.2) is 125 Å². The first kappa shape index (κ1) is 58.6. The summed E-state index contributed by atoms with van der Waals surface area (Å²) in [6, 6.07) is 21.3. The van der Waals surface area contributed by atoms with E-state index in [1.165, 1.54) is 56.7 Å². The minimum atomic E-state index is -4.93. The molecule has 5 aromatic rings. The lowest BCUT2D eigenvalue weighted by Crippen LogP contribution is -2.33. The average molecular weight is 1160 g/mol. The van der Waals surface area contributed by atoms with Gasteiger partial charge in [0.15, 0.2) is 5.71 Å². The second-order valence-electron chi connectivity index (χ2n) is 19.8. The molecule has 0 saturated carbocycles. The number of hydrogen-bond acceptors (Lipinski definition) is 16. The number of ether oxygens (including phenoxy) is 2. The second-order valence-corrected chi connectivity index (χ2v) is 25.7. The predicted molar refractivity (Wildman–Crippen MR) is 291 cm³/mol. The van der Waals surface area contributed by atoms with Crippen LogP contribution in [0, 0.1) is 0 Å². The lowest BCUT2D eigenvalue weighted by atomic mass is 9.74. The maximum absolute atomic E-state index is 13.4.